The molecule has 1 aliphatic rings. The lowest BCUT2D eigenvalue weighted by atomic mass is 10.0. The Morgan fingerprint density at radius 1 is 1.21 bits per heavy atom. The number of aromatic nitrogens is 3. The summed E-state index contributed by atoms with van der Waals surface area (Å²) in [6.45, 7) is 6.69. The van der Waals surface area contributed by atoms with Gasteiger partial charge in [-0.1, -0.05) is 37.3 Å². The Labute approximate surface area is 214 Å². The van der Waals surface area contributed by atoms with Crippen LogP contribution in [0.2, 0.25) is 0 Å². The van der Waals surface area contributed by atoms with E-state index in [1.54, 1.807) is 25.3 Å². The standard InChI is InChI=1S/C23H36N8O.HI/c1-4-21-28-26-18-31(21)15-12-24-23(25-16-22(32)29(2)3)27-20-10-13-30(14-11-20)17-19-8-6-5-7-9-19;/h5-9,18,20H,4,10-17H2,1-3H3,(H2,24,25,27);1H. The Hall–Kier alpha value is -2.21. The van der Waals surface area contributed by atoms with Gasteiger partial charge in [0.25, 0.3) is 0 Å². The van der Waals surface area contributed by atoms with Gasteiger partial charge in [0.15, 0.2) is 5.96 Å². The number of nitrogens with zero attached hydrogens (tertiary/aromatic N) is 6. The maximum atomic E-state index is 12.0. The lowest BCUT2D eigenvalue weighted by Crippen LogP contribution is -2.49. The van der Waals surface area contributed by atoms with E-state index in [1.807, 2.05) is 4.57 Å². The maximum Gasteiger partial charge on any atom is 0.243 e. The molecule has 1 amide bonds. The van der Waals surface area contributed by atoms with Gasteiger partial charge in [0.05, 0.1) is 0 Å². The second kappa shape index (κ2) is 14.1. The molecule has 0 aliphatic carbocycles. The molecule has 33 heavy (non-hydrogen) atoms. The number of likely N-dealkylation sites (tertiary alicyclic amines) is 1. The third-order valence-electron chi connectivity index (χ3n) is 5.71. The van der Waals surface area contributed by atoms with Crippen LogP contribution in [-0.2, 0) is 24.3 Å². The number of hydrogen-bond acceptors (Lipinski definition) is 5. The van der Waals surface area contributed by atoms with E-state index in [1.165, 1.54) is 5.56 Å². The van der Waals surface area contributed by atoms with Gasteiger partial charge in [-0.15, -0.1) is 34.2 Å². The van der Waals surface area contributed by atoms with Crippen molar-refractivity contribution in [2.75, 3.05) is 40.3 Å². The van der Waals surface area contributed by atoms with Crippen LogP contribution in [0, 0.1) is 0 Å². The summed E-state index contributed by atoms with van der Waals surface area (Å²) in [6, 6.07) is 10.9. The summed E-state index contributed by atoms with van der Waals surface area (Å²) in [6.07, 6.45) is 4.68. The van der Waals surface area contributed by atoms with Crippen molar-refractivity contribution in [2.45, 2.75) is 45.3 Å². The number of likely N-dealkylation sites (N-methyl/N-ethyl adjacent to an activating group) is 1. The van der Waals surface area contributed by atoms with Crippen molar-refractivity contribution in [3.05, 3.63) is 48.0 Å². The molecule has 0 spiro atoms. The minimum atomic E-state index is -0.0177. The highest BCUT2D eigenvalue weighted by atomic mass is 127. The Morgan fingerprint density at radius 2 is 1.94 bits per heavy atom. The van der Waals surface area contributed by atoms with Crippen LogP contribution in [0.15, 0.2) is 41.7 Å². The van der Waals surface area contributed by atoms with Gasteiger partial charge in [0, 0.05) is 59.3 Å². The maximum absolute atomic E-state index is 12.0. The summed E-state index contributed by atoms with van der Waals surface area (Å²) in [5.74, 6) is 1.63. The molecule has 0 bridgehead atoms. The SMILES string of the molecule is CCc1nncn1CCNC(=NCC(=O)N(C)C)NC1CCN(Cc2ccccc2)CC1.I. The summed E-state index contributed by atoms with van der Waals surface area (Å²) in [5, 5.41) is 15.0. The molecule has 1 aliphatic heterocycles. The van der Waals surface area contributed by atoms with E-state index >= 15 is 0 Å². The summed E-state index contributed by atoms with van der Waals surface area (Å²) in [4.78, 5) is 20.6. The second-order valence-electron chi connectivity index (χ2n) is 8.35. The first-order chi connectivity index (χ1) is 15.5. The molecule has 2 heterocycles. The third-order valence-corrected chi connectivity index (χ3v) is 5.71. The highest BCUT2D eigenvalue weighted by Crippen LogP contribution is 2.13. The number of rotatable bonds is 9. The van der Waals surface area contributed by atoms with Crippen LogP contribution in [0.5, 0.6) is 0 Å². The molecule has 0 radical (unpaired) electrons. The third kappa shape index (κ3) is 8.92. The zero-order chi connectivity index (χ0) is 22.8. The lowest BCUT2D eigenvalue weighted by Gasteiger charge is -2.33. The first-order valence-electron chi connectivity index (χ1n) is 11.4. The monoisotopic (exact) mass is 568 g/mol. The van der Waals surface area contributed by atoms with Crippen molar-refractivity contribution >= 4 is 35.8 Å². The van der Waals surface area contributed by atoms with Crippen LogP contribution in [0.25, 0.3) is 0 Å². The zero-order valence-corrected chi connectivity index (χ0v) is 22.2. The van der Waals surface area contributed by atoms with Gasteiger partial charge in [-0.05, 0) is 18.4 Å². The van der Waals surface area contributed by atoms with Crippen LogP contribution in [0.4, 0.5) is 0 Å². The van der Waals surface area contributed by atoms with Crippen molar-refractivity contribution in [1.29, 1.82) is 0 Å². The first-order valence-corrected chi connectivity index (χ1v) is 11.4. The number of aryl methyl sites for hydroxylation is 1. The summed E-state index contributed by atoms with van der Waals surface area (Å²) in [7, 11) is 3.50. The summed E-state index contributed by atoms with van der Waals surface area (Å²) < 4.78 is 2.04. The number of nitrogens with one attached hydrogen (secondary N) is 2. The average molecular weight is 569 g/mol. The number of benzene rings is 1. The van der Waals surface area contributed by atoms with E-state index in [9.17, 15) is 4.79 Å². The van der Waals surface area contributed by atoms with Crippen molar-refractivity contribution < 1.29 is 4.79 Å². The van der Waals surface area contributed by atoms with Crippen molar-refractivity contribution in [2.24, 2.45) is 4.99 Å². The van der Waals surface area contributed by atoms with Gasteiger partial charge in [0.1, 0.15) is 18.7 Å². The van der Waals surface area contributed by atoms with Crippen LogP contribution < -0.4 is 10.6 Å². The average Bonchev–Trinajstić information content (AvgIpc) is 3.26. The fraction of sp³-hybridized carbons (Fsp3) is 0.565. The van der Waals surface area contributed by atoms with Gasteiger partial charge in [-0.2, -0.15) is 0 Å². The van der Waals surface area contributed by atoms with E-state index in [0.29, 0.717) is 18.5 Å². The van der Waals surface area contributed by atoms with Gasteiger partial charge >= 0.3 is 0 Å². The number of hydrogen-bond donors (Lipinski definition) is 2. The molecule has 1 saturated heterocycles. The van der Waals surface area contributed by atoms with Crippen LogP contribution >= 0.6 is 24.0 Å². The minimum absolute atomic E-state index is 0. The number of amides is 1. The first kappa shape index (κ1) is 27.0. The van der Waals surface area contributed by atoms with Crippen LogP contribution in [0.1, 0.15) is 31.2 Å². The second-order valence-corrected chi connectivity index (χ2v) is 8.35. The molecule has 0 unspecified atom stereocenters. The van der Waals surface area contributed by atoms with E-state index in [0.717, 1.165) is 51.3 Å². The molecule has 1 aromatic heterocycles. The molecule has 182 valence electrons. The number of guanidine groups is 1. The van der Waals surface area contributed by atoms with E-state index in [2.05, 4.69) is 68.0 Å². The molecule has 10 heteroatoms. The number of carbonyl (C=O) groups is 1. The van der Waals surface area contributed by atoms with Gasteiger partial charge in [0.2, 0.25) is 5.91 Å². The van der Waals surface area contributed by atoms with E-state index in [-0.39, 0.29) is 36.4 Å². The van der Waals surface area contributed by atoms with Crippen molar-refractivity contribution in [3.63, 3.8) is 0 Å². The number of halogens is 1. The highest BCUT2D eigenvalue weighted by molar-refractivity contribution is 14.0. The molecular formula is C23H37IN8O. The molecule has 1 aromatic carbocycles. The van der Waals surface area contributed by atoms with E-state index < -0.39 is 0 Å². The molecule has 3 rings (SSSR count). The summed E-state index contributed by atoms with van der Waals surface area (Å²) in [5.41, 5.74) is 1.35. The van der Waals surface area contributed by atoms with Crippen LogP contribution in [0.3, 0.4) is 0 Å². The zero-order valence-electron chi connectivity index (χ0n) is 19.9. The predicted molar refractivity (Wildman–Crippen MR) is 142 cm³/mol. The number of piperidine rings is 1. The summed E-state index contributed by atoms with van der Waals surface area (Å²) >= 11 is 0. The molecule has 9 nitrogen and oxygen atoms in total. The molecule has 0 atom stereocenters. The van der Waals surface area contributed by atoms with E-state index in [4.69, 9.17) is 0 Å². The van der Waals surface area contributed by atoms with Crippen molar-refractivity contribution in [3.8, 4) is 0 Å². The number of aliphatic imine (C=N–C) groups is 1. The quantitative estimate of drug-likeness (QED) is 0.272. The van der Waals surface area contributed by atoms with Gasteiger partial charge in [-0.3, -0.25) is 9.69 Å². The lowest BCUT2D eigenvalue weighted by molar-refractivity contribution is -0.127. The fourth-order valence-corrected chi connectivity index (χ4v) is 3.75. The Morgan fingerprint density at radius 3 is 2.61 bits per heavy atom. The molecular weight excluding hydrogens is 531 g/mol. The predicted octanol–water partition coefficient (Wildman–Crippen LogP) is 1.75. The normalized spacial score (nSPS) is 15.1. The Balaban J connectivity index is 0.00000385. The number of carbonyl (C=O) groups excluding carboxylic acids is 1. The highest BCUT2D eigenvalue weighted by Gasteiger charge is 2.20. The molecule has 2 aromatic rings. The Kier molecular flexibility index (Phi) is 11.6. The van der Waals surface area contributed by atoms with Gasteiger partial charge < -0.3 is 20.1 Å². The largest absolute Gasteiger partial charge is 0.355 e. The molecule has 0 saturated carbocycles. The molecule has 2 N–H and O–H groups in total. The minimum Gasteiger partial charge on any atom is -0.355 e. The Bertz CT molecular complexity index is 862. The van der Waals surface area contributed by atoms with Gasteiger partial charge in [-0.25, -0.2) is 4.99 Å². The van der Waals surface area contributed by atoms with Crippen molar-refractivity contribution in [1.82, 2.24) is 35.2 Å². The topological polar surface area (TPSA) is 90.7 Å². The fourth-order valence-electron chi connectivity index (χ4n) is 3.75. The smallest absolute Gasteiger partial charge is 0.243 e. The molecule has 1 fully saturated rings. The van der Waals surface area contributed by atoms with Crippen LogP contribution in [-0.4, -0.2) is 82.7 Å².